The zero-order valence-corrected chi connectivity index (χ0v) is 11.7. The molecule has 0 aliphatic heterocycles. The minimum atomic E-state index is 0.262. The van der Waals surface area contributed by atoms with Gasteiger partial charge in [0.2, 0.25) is 0 Å². The second-order valence-corrected chi connectivity index (χ2v) is 7.01. The summed E-state index contributed by atoms with van der Waals surface area (Å²) >= 11 is 0. The second kappa shape index (κ2) is 4.61. The summed E-state index contributed by atoms with van der Waals surface area (Å²) < 4.78 is 0. The molecule has 0 heteroatoms. The van der Waals surface area contributed by atoms with Gasteiger partial charge in [0.25, 0.3) is 0 Å². The van der Waals surface area contributed by atoms with Crippen LogP contribution in [0.5, 0.6) is 0 Å². The Bertz CT molecular complexity index is 334. The van der Waals surface area contributed by atoms with Crippen LogP contribution in [0.3, 0.4) is 0 Å². The lowest BCUT2D eigenvalue weighted by Crippen LogP contribution is -2.12. The van der Waals surface area contributed by atoms with E-state index in [4.69, 9.17) is 0 Å². The smallest absolute Gasteiger partial charge is 0.0132 e. The van der Waals surface area contributed by atoms with E-state index in [2.05, 4.69) is 65.8 Å². The Kier molecular flexibility index (Phi) is 3.83. The Morgan fingerprint density at radius 2 is 1.56 bits per heavy atom. The van der Waals surface area contributed by atoms with Crippen LogP contribution in [-0.2, 0) is 11.8 Å². The van der Waals surface area contributed by atoms with Gasteiger partial charge in [0.05, 0.1) is 0 Å². The van der Waals surface area contributed by atoms with E-state index >= 15 is 0 Å². The molecule has 0 heterocycles. The van der Waals surface area contributed by atoms with Gasteiger partial charge in [-0.15, -0.1) is 0 Å². The van der Waals surface area contributed by atoms with Gasteiger partial charge in [0.15, 0.2) is 0 Å². The third kappa shape index (κ3) is 4.38. The third-order valence-electron chi connectivity index (χ3n) is 2.96. The molecule has 0 atom stereocenters. The molecule has 0 saturated carbocycles. The zero-order chi connectivity index (χ0) is 12.4. The molecule has 16 heavy (non-hydrogen) atoms. The second-order valence-electron chi connectivity index (χ2n) is 7.01. The maximum atomic E-state index is 2.37. The van der Waals surface area contributed by atoms with Gasteiger partial charge in [0.1, 0.15) is 0 Å². The van der Waals surface area contributed by atoms with Gasteiger partial charge in [-0.3, -0.25) is 0 Å². The van der Waals surface area contributed by atoms with E-state index in [-0.39, 0.29) is 5.41 Å². The molecule has 90 valence electrons. The molecule has 0 nitrogen and oxygen atoms in total. The van der Waals surface area contributed by atoms with Crippen molar-refractivity contribution in [1.29, 1.82) is 0 Å². The molecule has 0 amide bonds. The normalized spacial score (nSPS) is 12.9. The highest BCUT2D eigenvalue weighted by Crippen LogP contribution is 2.25. The summed E-state index contributed by atoms with van der Waals surface area (Å²) in [5.41, 5.74) is 3.61. The molecule has 1 aromatic carbocycles. The lowest BCUT2D eigenvalue weighted by atomic mass is 9.84. The van der Waals surface area contributed by atoms with Crippen molar-refractivity contribution < 1.29 is 0 Å². The molecule has 0 bridgehead atoms. The van der Waals surface area contributed by atoms with E-state index in [0.717, 1.165) is 0 Å². The van der Waals surface area contributed by atoms with Crippen molar-refractivity contribution in [2.75, 3.05) is 0 Å². The molecule has 1 rings (SSSR count). The van der Waals surface area contributed by atoms with Gasteiger partial charge in [-0.1, -0.05) is 65.8 Å². The fourth-order valence-corrected chi connectivity index (χ4v) is 1.71. The molecule has 0 N–H and O–H groups in total. The van der Waals surface area contributed by atoms with E-state index in [0.29, 0.717) is 5.41 Å². The minimum Gasteiger partial charge on any atom is -0.0617 e. The van der Waals surface area contributed by atoms with Crippen molar-refractivity contribution >= 4 is 0 Å². The van der Waals surface area contributed by atoms with Crippen LogP contribution in [0.15, 0.2) is 24.3 Å². The van der Waals surface area contributed by atoms with Crippen molar-refractivity contribution in [3.05, 3.63) is 35.4 Å². The van der Waals surface area contributed by atoms with Gasteiger partial charge in [-0.25, -0.2) is 0 Å². The van der Waals surface area contributed by atoms with E-state index in [1.807, 2.05) is 0 Å². The summed E-state index contributed by atoms with van der Waals surface area (Å²) in [6.45, 7) is 13.7. The summed E-state index contributed by atoms with van der Waals surface area (Å²) in [6, 6.07) is 9.05. The van der Waals surface area contributed by atoms with Crippen molar-refractivity contribution in [1.82, 2.24) is 0 Å². The van der Waals surface area contributed by atoms with Gasteiger partial charge in [-0.05, 0) is 34.8 Å². The topological polar surface area (TPSA) is 0 Å². The highest BCUT2D eigenvalue weighted by Gasteiger charge is 2.14. The first kappa shape index (κ1) is 13.3. The predicted molar refractivity (Wildman–Crippen MR) is 72.9 cm³/mol. The number of rotatable bonds is 2. The number of hydrogen-bond acceptors (Lipinski definition) is 0. The van der Waals surface area contributed by atoms with Crippen LogP contribution in [0.2, 0.25) is 0 Å². The standard InChI is InChI=1S/C16H26/c1-15(2,3)11-10-13-8-7-9-14(12-13)16(4,5)6/h7-9,12H,10-11H2,1-6H3. The summed E-state index contributed by atoms with van der Waals surface area (Å²) in [5.74, 6) is 0. The molecule has 0 aliphatic rings. The fraction of sp³-hybridized carbons (Fsp3) is 0.625. The molecule has 1 aromatic rings. The van der Waals surface area contributed by atoms with E-state index in [9.17, 15) is 0 Å². The highest BCUT2D eigenvalue weighted by atomic mass is 14.2. The van der Waals surface area contributed by atoms with Crippen LogP contribution < -0.4 is 0 Å². The van der Waals surface area contributed by atoms with Crippen molar-refractivity contribution in [2.24, 2.45) is 5.41 Å². The van der Waals surface area contributed by atoms with E-state index in [1.54, 1.807) is 0 Å². The first-order valence-corrected chi connectivity index (χ1v) is 6.28. The highest BCUT2D eigenvalue weighted by molar-refractivity contribution is 5.28. The summed E-state index contributed by atoms with van der Waals surface area (Å²) in [5, 5.41) is 0. The zero-order valence-electron chi connectivity index (χ0n) is 11.7. The Morgan fingerprint density at radius 3 is 2.06 bits per heavy atom. The van der Waals surface area contributed by atoms with Crippen LogP contribution in [0.25, 0.3) is 0 Å². The van der Waals surface area contributed by atoms with Gasteiger partial charge >= 0.3 is 0 Å². The number of benzene rings is 1. The summed E-state index contributed by atoms with van der Waals surface area (Å²) in [7, 11) is 0. The first-order valence-electron chi connectivity index (χ1n) is 6.28. The molecular formula is C16H26. The monoisotopic (exact) mass is 218 g/mol. The van der Waals surface area contributed by atoms with E-state index in [1.165, 1.54) is 24.0 Å². The molecule has 0 spiro atoms. The average Bonchev–Trinajstić information content (AvgIpc) is 2.13. The van der Waals surface area contributed by atoms with Gasteiger partial charge < -0.3 is 0 Å². The van der Waals surface area contributed by atoms with Crippen LogP contribution in [0.1, 0.15) is 59.1 Å². The predicted octanol–water partition coefficient (Wildman–Crippen LogP) is 4.96. The maximum Gasteiger partial charge on any atom is -0.0132 e. The Hall–Kier alpha value is -0.780. The molecule has 0 aromatic heterocycles. The lowest BCUT2D eigenvalue weighted by Gasteiger charge is -2.21. The van der Waals surface area contributed by atoms with Crippen LogP contribution >= 0.6 is 0 Å². The van der Waals surface area contributed by atoms with E-state index < -0.39 is 0 Å². The molecule has 0 aliphatic carbocycles. The van der Waals surface area contributed by atoms with Crippen molar-refractivity contribution in [3.8, 4) is 0 Å². The van der Waals surface area contributed by atoms with Crippen molar-refractivity contribution in [2.45, 2.75) is 59.8 Å². The van der Waals surface area contributed by atoms with Crippen LogP contribution in [0.4, 0.5) is 0 Å². The van der Waals surface area contributed by atoms with Gasteiger partial charge in [-0.2, -0.15) is 0 Å². The van der Waals surface area contributed by atoms with Crippen molar-refractivity contribution in [3.63, 3.8) is 0 Å². The Morgan fingerprint density at radius 1 is 0.938 bits per heavy atom. The first-order chi connectivity index (χ1) is 7.18. The Balaban J connectivity index is 2.76. The minimum absolute atomic E-state index is 0.262. The summed E-state index contributed by atoms with van der Waals surface area (Å²) in [4.78, 5) is 0. The van der Waals surface area contributed by atoms with Crippen LogP contribution in [0, 0.1) is 5.41 Å². The third-order valence-corrected chi connectivity index (χ3v) is 2.96. The summed E-state index contributed by atoms with van der Waals surface area (Å²) in [6.07, 6.45) is 2.44. The fourth-order valence-electron chi connectivity index (χ4n) is 1.71. The quantitative estimate of drug-likeness (QED) is 0.658. The number of hydrogen-bond donors (Lipinski definition) is 0. The van der Waals surface area contributed by atoms with Crippen LogP contribution in [-0.4, -0.2) is 0 Å². The molecule has 0 unspecified atom stereocenters. The SMILES string of the molecule is CC(C)(C)CCc1cccc(C(C)(C)C)c1. The molecular weight excluding hydrogens is 192 g/mol. The average molecular weight is 218 g/mol. The number of aryl methyl sites for hydroxylation is 1. The Labute approximate surface area is 101 Å². The molecule has 0 fully saturated rings. The molecule has 0 saturated heterocycles. The maximum absolute atomic E-state index is 2.37. The largest absolute Gasteiger partial charge is 0.0617 e. The lowest BCUT2D eigenvalue weighted by molar-refractivity contribution is 0.378. The van der Waals surface area contributed by atoms with Gasteiger partial charge in [0, 0.05) is 0 Å². The molecule has 0 radical (unpaired) electrons.